The molecule has 2 aromatic rings. The third-order valence-electron chi connectivity index (χ3n) is 3.26. The van der Waals surface area contributed by atoms with Gasteiger partial charge in [0.25, 0.3) is 5.91 Å². The Morgan fingerprint density at radius 1 is 1.17 bits per heavy atom. The van der Waals surface area contributed by atoms with Crippen LogP contribution in [0.4, 0.5) is 0 Å². The van der Waals surface area contributed by atoms with Crippen molar-refractivity contribution < 1.29 is 14.6 Å². The zero-order valence-electron chi connectivity index (χ0n) is 13.5. The SMILES string of the molecule is CC(C)Oc1ccc(C(=O)NCCc2ccc(CO)cc2)cn1. The van der Waals surface area contributed by atoms with E-state index >= 15 is 0 Å². The molecule has 1 aromatic carbocycles. The van der Waals surface area contributed by atoms with Crippen molar-refractivity contribution in [2.24, 2.45) is 0 Å². The first-order valence-corrected chi connectivity index (χ1v) is 7.68. The van der Waals surface area contributed by atoms with Crippen LogP contribution >= 0.6 is 0 Å². The largest absolute Gasteiger partial charge is 0.475 e. The van der Waals surface area contributed by atoms with E-state index in [1.165, 1.54) is 6.20 Å². The van der Waals surface area contributed by atoms with Gasteiger partial charge in [-0.05, 0) is 37.5 Å². The van der Waals surface area contributed by atoms with Crippen LogP contribution in [0.2, 0.25) is 0 Å². The molecule has 1 aromatic heterocycles. The Morgan fingerprint density at radius 2 is 1.87 bits per heavy atom. The van der Waals surface area contributed by atoms with E-state index < -0.39 is 0 Å². The van der Waals surface area contributed by atoms with E-state index in [4.69, 9.17) is 9.84 Å². The third-order valence-corrected chi connectivity index (χ3v) is 3.26. The lowest BCUT2D eigenvalue weighted by molar-refractivity contribution is 0.0953. The lowest BCUT2D eigenvalue weighted by Crippen LogP contribution is -2.25. The van der Waals surface area contributed by atoms with Gasteiger partial charge in [-0.1, -0.05) is 24.3 Å². The van der Waals surface area contributed by atoms with Gasteiger partial charge >= 0.3 is 0 Å². The molecule has 5 heteroatoms. The number of ether oxygens (including phenoxy) is 1. The van der Waals surface area contributed by atoms with Crippen LogP contribution in [-0.4, -0.2) is 28.6 Å². The summed E-state index contributed by atoms with van der Waals surface area (Å²) in [6.45, 7) is 4.44. The molecule has 0 aliphatic heterocycles. The van der Waals surface area contributed by atoms with Crippen molar-refractivity contribution in [3.8, 4) is 5.88 Å². The molecule has 1 amide bonds. The number of aliphatic hydroxyl groups excluding tert-OH is 1. The van der Waals surface area contributed by atoms with Gasteiger partial charge in [-0.2, -0.15) is 0 Å². The number of carbonyl (C=O) groups is 1. The molecule has 1 heterocycles. The fourth-order valence-electron chi connectivity index (χ4n) is 2.06. The summed E-state index contributed by atoms with van der Waals surface area (Å²) in [7, 11) is 0. The summed E-state index contributed by atoms with van der Waals surface area (Å²) in [5.74, 6) is 0.362. The lowest BCUT2D eigenvalue weighted by atomic mass is 10.1. The van der Waals surface area contributed by atoms with Crippen LogP contribution in [0.15, 0.2) is 42.6 Å². The van der Waals surface area contributed by atoms with Crippen LogP contribution in [0.3, 0.4) is 0 Å². The molecule has 2 rings (SSSR count). The predicted molar refractivity (Wildman–Crippen MR) is 88.4 cm³/mol. The van der Waals surface area contributed by atoms with Crippen molar-refractivity contribution in [2.75, 3.05) is 6.54 Å². The Balaban J connectivity index is 1.81. The molecule has 122 valence electrons. The molecule has 0 unspecified atom stereocenters. The minimum absolute atomic E-state index is 0.0422. The molecular formula is C18H22N2O3. The number of pyridine rings is 1. The van der Waals surface area contributed by atoms with Crippen LogP contribution in [0.25, 0.3) is 0 Å². The Bertz CT molecular complexity index is 622. The highest BCUT2D eigenvalue weighted by molar-refractivity contribution is 5.93. The van der Waals surface area contributed by atoms with Crippen molar-refractivity contribution in [3.05, 3.63) is 59.3 Å². The zero-order valence-corrected chi connectivity index (χ0v) is 13.5. The van der Waals surface area contributed by atoms with Gasteiger partial charge in [0.15, 0.2) is 0 Å². The summed E-state index contributed by atoms with van der Waals surface area (Å²) >= 11 is 0. The quantitative estimate of drug-likeness (QED) is 0.823. The van der Waals surface area contributed by atoms with E-state index in [1.54, 1.807) is 12.1 Å². The van der Waals surface area contributed by atoms with Crippen LogP contribution in [0.1, 0.15) is 35.3 Å². The minimum atomic E-state index is -0.152. The maximum Gasteiger partial charge on any atom is 0.252 e. The average Bonchev–Trinajstić information content (AvgIpc) is 2.55. The standard InChI is InChI=1S/C18H22N2O3/c1-13(2)23-17-8-7-16(11-20-17)18(22)19-10-9-14-3-5-15(12-21)6-4-14/h3-8,11,13,21H,9-10,12H2,1-2H3,(H,19,22). The Labute approximate surface area is 136 Å². The molecule has 0 saturated carbocycles. The van der Waals surface area contributed by atoms with Crippen molar-refractivity contribution in [3.63, 3.8) is 0 Å². The second kappa shape index (κ2) is 8.29. The van der Waals surface area contributed by atoms with Crippen molar-refractivity contribution in [2.45, 2.75) is 33.0 Å². The molecule has 2 N–H and O–H groups in total. The van der Waals surface area contributed by atoms with E-state index in [2.05, 4.69) is 10.3 Å². The molecule has 23 heavy (non-hydrogen) atoms. The highest BCUT2D eigenvalue weighted by atomic mass is 16.5. The molecule has 0 radical (unpaired) electrons. The highest BCUT2D eigenvalue weighted by Crippen LogP contribution is 2.09. The maximum atomic E-state index is 12.0. The molecule has 0 atom stereocenters. The van der Waals surface area contributed by atoms with Gasteiger partial charge in [0.05, 0.1) is 18.3 Å². The monoisotopic (exact) mass is 314 g/mol. The summed E-state index contributed by atoms with van der Waals surface area (Å²) in [5, 5.41) is 11.9. The molecular weight excluding hydrogens is 292 g/mol. The molecule has 0 spiro atoms. The molecule has 0 fully saturated rings. The average molecular weight is 314 g/mol. The topological polar surface area (TPSA) is 71.5 Å². The Morgan fingerprint density at radius 3 is 2.43 bits per heavy atom. The number of amides is 1. The number of benzene rings is 1. The lowest BCUT2D eigenvalue weighted by Gasteiger charge is -2.09. The van der Waals surface area contributed by atoms with E-state index in [0.717, 1.165) is 17.5 Å². The van der Waals surface area contributed by atoms with Crippen molar-refractivity contribution >= 4 is 5.91 Å². The van der Waals surface area contributed by atoms with Crippen molar-refractivity contribution in [1.29, 1.82) is 0 Å². The van der Waals surface area contributed by atoms with Gasteiger partial charge in [0.1, 0.15) is 0 Å². The third kappa shape index (κ3) is 5.38. The summed E-state index contributed by atoms with van der Waals surface area (Å²) in [4.78, 5) is 16.2. The van der Waals surface area contributed by atoms with Crippen LogP contribution in [0, 0.1) is 0 Å². The normalized spacial score (nSPS) is 10.6. The summed E-state index contributed by atoms with van der Waals surface area (Å²) in [6.07, 6.45) is 2.31. The van der Waals surface area contributed by atoms with E-state index in [-0.39, 0.29) is 18.6 Å². The van der Waals surface area contributed by atoms with Gasteiger partial charge in [-0.3, -0.25) is 4.79 Å². The fraction of sp³-hybridized carbons (Fsp3) is 0.333. The first kappa shape index (κ1) is 17.0. The van der Waals surface area contributed by atoms with E-state index in [9.17, 15) is 4.79 Å². The number of nitrogens with one attached hydrogen (secondary N) is 1. The van der Waals surface area contributed by atoms with Crippen molar-refractivity contribution in [1.82, 2.24) is 10.3 Å². The van der Waals surface area contributed by atoms with Gasteiger partial charge in [-0.25, -0.2) is 4.98 Å². The number of hydrogen-bond donors (Lipinski definition) is 2. The Hall–Kier alpha value is -2.40. The van der Waals surface area contributed by atoms with Crippen LogP contribution in [0.5, 0.6) is 5.88 Å². The first-order valence-electron chi connectivity index (χ1n) is 7.68. The zero-order chi connectivity index (χ0) is 16.7. The second-order valence-electron chi connectivity index (χ2n) is 5.53. The first-order chi connectivity index (χ1) is 11.1. The molecule has 0 saturated heterocycles. The minimum Gasteiger partial charge on any atom is -0.475 e. The smallest absolute Gasteiger partial charge is 0.252 e. The maximum absolute atomic E-state index is 12.0. The highest BCUT2D eigenvalue weighted by Gasteiger charge is 2.07. The number of nitrogens with zero attached hydrogens (tertiary/aromatic N) is 1. The Kier molecular flexibility index (Phi) is 6.11. The number of rotatable bonds is 7. The molecule has 0 aliphatic rings. The van der Waals surface area contributed by atoms with Crippen LogP contribution < -0.4 is 10.1 Å². The van der Waals surface area contributed by atoms with Gasteiger partial charge in [0.2, 0.25) is 5.88 Å². The summed E-state index contributed by atoms with van der Waals surface area (Å²) < 4.78 is 5.45. The summed E-state index contributed by atoms with van der Waals surface area (Å²) in [5.41, 5.74) is 2.51. The number of aromatic nitrogens is 1. The van der Waals surface area contributed by atoms with E-state index in [1.807, 2.05) is 38.1 Å². The molecule has 5 nitrogen and oxygen atoms in total. The predicted octanol–water partition coefficient (Wildman–Crippen LogP) is 2.33. The summed E-state index contributed by atoms with van der Waals surface area (Å²) in [6, 6.07) is 11.1. The number of carbonyl (C=O) groups excluding carboxylic acids is 1. The van der Waals surface area contributed by atoms with Gasteiger partial charge < -0.3 is 15.2 Å². The van der Waals surface area contributed by atoms with E-state index in [0.29, 0.717) is 18.0 Å². The number of aliphatic hydroxyl groups is 1. The second-order valence-corrected chi connectivity index (χ2v) is 5.53. The number of hydrogen-bond acceptors (Lipinski definition) is 4. The fourth-order valence-corrected chi connectivity index (χ4v) is 2.06. The molecule has 0 aliphatic carbocycles. The van der Waals surface area contributed by atoms with Crippen LogP contribution in [-0.2, 0) is 13.0 Å². The molecule has 0 bridgehead atoms. The van der Waals surface area contributed by atoms with Gasteiger partial charge in [-0.15, -0.1) is 0 Å². The van der Waals surface area contributed by atoms with Gasteiger partial charge in [0, 0.05) is 18.8 Å².